The minimum absolute atomic E-state index is 0.212. The number of carbonyl (C=O) groups is 1. The van der Waals surface area contributed by atoms with Gasteiger partial charge in [-0.3, -0.25) is 4.79 Å². The van der Waals surface area contributed by atoms with E-state index in [1.54, 1.807) is 24.7 Å². The first-order valence-electron chi connectivity index (χ1n) is 9.05. The Hall–Kier alpha value is -3.00. The largest absolute Gasteiger partial charge is 0.378 e. The van der Waals surface area contributed by atoms with E-state index >= 15 is 0 Å². The molecule has 3 aromatic rings. The molecule has 1 fully saturated rings. The predicted molar refractivity (Wildman–Crippen MR) is 103 cm³/mol. The van der Waals surface area contributed by atoms with E-state index in [0.717, 1.165) is 43.0 Å². The standard InChI is InChI=1S/C19H22N6O2/c1-13(2)25-18-14(11-22-25)9-15(10-21-18)19(26)23-17-4-3-16(12-20-17)24-5-7-27-8-6-24/h3-4,9-13H,5-8H2,1-2H3,(H,20,23,26). The topological polar surface area (TPSA) is 85.2 Å². The number of rotatable bonds is 4. The van der Waals surface area contributed by atoms with Crippen molar-refractivity contribution in [2.45, 2.75) is 19.9 Å². The average Bonchev–Trinajstić information content (AvgIpc) is 3.13. The number of aromatic nitrogens is 4. The molecule has 0 unspecified atom stereocenters. The normalized spacial score (nSPS) is 14.7. The lowest BCUT2D eigenvalue weighted by Gasteiger charge is -2.28. The zero-order chi connectivity index (χ0) is 18.8. The third-order valence-electron chi connectivity index (χ3n) is 4.55. The first kappa shape index (κ1) is 17.4. The minimum Gasteiger partial charge on any atom is -0.378 e. The van der Waals surface area contributed by atoms with Crippen LogP contribution in [0.4, 0.5) is 11.5 Å². The van der Waals surface area contributed by atoms with Crippen LogP contribution in [0.5, 0.6) is 0 Å². The lowest BCUT2D eigenvalue weighted by molar-refractivity contribution is 0.102. The molecule has 1 N–H and O–H groups in total. The molecule has 0 saturated carbocycles. The van der Waals surface area contributed by atoms with Crippen LogP contribution in [0.1, 0.15) is 30.2 Å². The van der Waals surface area contributed by atoms with Crippen LogP contribution >= 0.6 is 0 Å². The van der Waals surface area contributed by atoms with Crippen molar-refractivity contribution < 1.29 is 9.53 Å². The molecule has 0 atom stereocenters. The molecule has 4 rings (SSSR count). The van der Waals surface area contributed by atoms with E-state index < -0.39 is 0 Å². The molecule has 0 spiro atoms. The third kappa shape index (κ3) is 3.61. The molecule has 0 bridgehead atoms. The van der Waals surface area contributed by atoms with Gasteiger partial charge in [-0.25, -0.2) is 14.6 Å². The molecule has 8 heteroatoms. The summed E-state index contributed by atoms with van der Waals surface area (Å²) in [4.78, 5) is 23.5. The van der Waals surface area contributed by atoms with Crippen LogP contribution in [0.15, 0.2) is 36.8 Å². The van der Waals surface area contributed by atoms with Gasteiger partial charge in [-0.2, -0.15) is 5.10 Å². The highest BCUT2D eigenvalue weighted by Gasteiger charge is 2.14. The Bertz CT molecular complexity index is 944. The first-order chi connectivity index (χ1) is 13.1. The van der Waals surface area contributed by atoms with Gasteiger partial charge in [-0.05, 0) is 32.0 Å². The quantitative estimate of drug-likeness (QED) is 0.764. The molecular weight excluding hydrogens is 344 g/mol. The van der Waals surface area contributed by atoms with E-state index in [1.807, 2.05) is 30.7 Å². The molecule has 27 heavy (non-hydrogen) atoms. The summed E-state index contributed by atoms with van der Waals surface area (Å²) in [5.41, 5.74) is 2.28. The minimum atomic E-state index is -0.242. The number of nitrogens with one attached hydrogen (secondary N) is 1. The first-order valence-corrected chi connectivity index (χ1v) is 9.05. The highest BCUT2D eigenvalue weighted by molar-refractivity contribution is 6.05. The Labute approximate surface area is 157 Å². The fraction of sp³-hybridized carbons (Fsp3) is 0.368. The van der Waals surface area contributed by atoms with Gasteiger partial charge >= 0.3 is 0 Å². The summed E-state index contributed by atoms with van der Waals surface area (Å²) in [5.74, 6) is 0.267. The summed E-state index contributed by atoms with van der Waals surface area (Å²) in [6.07, 6.45) is 5.07. The molecule has 0 radical (unpaired) electrons. The highest BCUT2D eigenvalue weighted by Crippen LogP contribution is 2.19. The third-order valence-corrected chi connectivity index (χ3v) is 4.55. The van der Waals surface area contributed by atoms with Crippen LogP contribution in [0.25, 0.3) is 11.0 Å². The Morgan fingerprint density at radius 3 is 2.67 bits per heavy atom. The average molecular weight is 366 g/mol. The number of ether oxygens (including phenoxy) is 1. The maximum Gasteiger partial charge on any atom is 0.258 e. The van der Waals surface area contributed by atoms with E-state index in [0.29, 0.717) is 11.4 Å². The van der Waals surface area contributed by atoms with Gasteiger partial charge in [0.15, 0.2) is 5.65 Å². The maximum atomic E-state index is 12.5. The number of fused-ring (bicyclic) bond motifs is 1. The number of anilines is 2. The van der Waals surface area contributed by atoms with Gasteiger partial charge < -0.3 is 15.0 Å². The maximum absolute atomic E-state index is 12.5. The van der Waals surface area contributed by atoms with Gasteiger partial charge in [0.1, 0.15) is 5.82 Å². The molecule has 0 aliphatic carbocycles. The molecule has 4 heterocycles. The molecule has 1 aliphatic rings. The van der Waals surface area contributed by atoms with Crippen molar-refractivity contribution in [3.05, 3.63) is 42.4 Å². The number of nitrogens with zero attached hydrogens (tertiary/aromatic N) is 5. The molecule has 1 amide bonds. The summed E-state index contributed by atoms with van der Waals surface area (Å²) in [6, 6.07) is 5.78. The number of hydrogen-bond donors (Lipinski definition) is 1. The summed E-state index contributed by atoms with van der Waals surface area (Å²) in [7, 11) is 0. The van der Waals surface area contributed by atoms with Crippen LogP contribution in [-0.2, 0) is 4.74 Å². The number of amides is 1. The van der Waals surface area contributed by atoms with Crippen molar-refractivity contribution in [1.82, 2.24) is 19.7 Å². The smallest absolute Gasteiger partial charge is 0.258 e. The molecule has 0 aromatic carbocycles. The Balaban J connectivity index is 1.47. The predicted octanol–water partition coefficient (Wildman–Crippen LogP) is 2.50. The summed E-state index contributed by atoms with van der Waals surface area (Å²) < 4.78 is 7.20. The lowest BCUT2D eigenvalue weighted by Crippen LogP contribution is -2.36. The fourth-order valence-electron chi connectivity index (χ4n) is 3.10. The zero-order valence-electron chi connectivity index (χ0n) is 15.4. The second-order valence-electron chi connectivity index (χ2n) is 6.77. The zero-order valence-corrected chi connectivity index (χ0v) is 15.4. The van der Waals surface area contributed by atoms with Crippen LogP contribution in [0, 0.1) is 0 Å². The Morgan fingerprint density at radius 1 is 1.15 bits per heavy atom. The molecule has 8 nitrogen and oxygen atoms in total. The van der Waals surface area contributed by atoms with Crippen molar-refractivity contribution in [1.29, 1.82) is 0 Å². The van der Waals surface area contributed by atoms with Crippen LogP contribution in [0.3, 0.4) is 0 Å². The van der Waals surface area contributed by atoms with Crippen molar-refractivity contribution in [3.63, 3.8) is 0 Å². The Kier molecular flexibility index (Phi) is 4.72. The molecular formula is C19H22N6O2. The molecule has 140 valence electrons. The molecule has 1 aliphatic heterocycles. The van der Waals surface area contributed by atoms with Gasteiger partial charge in [-0.15, -0.1) is 0 Å². The summed E-state index contributed by atoms with van der Waals surface area (Å²) >= 11 is 0. The van der Waals surface area contributed by atoms with Crippen molar-refractivity contribution in [3.8, 4) is 0 Å². The van der Waals surface area contributed by atoms with E-state index in [-0.39, 0.29) is 11.9 Å². The van der Waals surface area contributed by atoms with E-state index in [1.165, 1.54) is 0 Å². The van der Waals surface area contributed by atoms with Crippen molar-refractivity contribution in [2.24, 2.45) is 0 Å². The van der Waals surface area contributed by atoms with E-state index in [4.69, 9.17) is 4.74 Å². The number of hydrogen-bond acceptors (Lipinski definition) is 6. The van der Waals surface area contributed by atoms with Gasteiger partial charge in [-0.1, -0.05) is 0 Å². The number of morpholine rings is 1. The Morgan fingerprint density at radius 2 is 1.96 bits per heavy atom. The monoisotopic (exact) mass is 366 g/mol. The summed E-state index contributed by atoms with van der Waals surface area (Å²) in [5, 5.41) is 7.99. The number of carbonyl (C=O) groups excluding carboxylic acids is 1. The second kappa shape index (κ2) is 7.32. The molecule has 1 saturated heterocycles. The van der Waals surface area contributed by atoms with Crippen LogP contribution in [-0.4, -0.2) is 52.0 Å². The van der Waals surface area contributed by atoms with Crippen LogP contribution in [0.2, 0.25) is 0 Å². The SMILES string of the molecule is CC(C)n1ncc2cc(C(=O)Nc3ccc(N4CCOCC4)cn3)cnc21. The fourth-order valence-corrected chi connectivity index (χ4v) is 3.10. The molecule has 3 aromatic heterocycles. The van der Waals surface area contributed by atoms with E-state index in [9.17, 15) is 4.79 Å². The van der Waals surface area contributed by atoms with Crippen LogP contribution < -0.4 is 10.2 Å². The van der Waals surface area contributed by atoms with Gasteiger partial charge in [0.25, 0.3) is 5.91 Å². The van der Waals surface area contributed by atoms with Crippen molar-refractivity contribution in [2.75, 3.05) is 36.5 Å². The second-order valence-corrected chi connectivity index (χ2v) is 6.77. The summed E-state index contributed by atoms with van der Waals surface area (Å²) in [6.45, 7) is 7.23. The van der Waals surface area contributed by atoms with Gasteiger partial charge in [0.2, 0.25) is 0 Å². The van der Waals surface area contributed by atoms with Crippen molar-refractivity contribution >= 4 is 28.4 Å². The van der Waals surface area contributed by atoms with Gasteiger partial charge in [0, 0.05) is 30.7 Å². The lowest BCUT2D eigenvalue weighted by atomic mass is 10.2. The van der Waals surface area contributed by atoms with Gasteiger partial charge in [0.05, 0.1) is 36.9 Å². The van der Waals surface area contributed by atoms with E-state index in [2.05, 4.69) is 25.3 Å². The number of pyridine rings is 2. The highest BCUT2D eigenvalue weighted by atomic mass is 16.5.